The Morgan fingerprint density at radius 1 is 0.406 bits per heavy atom. The molecule has 0 spiro atoms. The van der Waals surface area contributed by atoms with Crippen LogP contribution in [0.5, 0.6) is 0 Å². The van der Waals surface area contributed by atoms with Crippen molar-refractivity contribution in [3.63, 3.8) is 0 Å². The molecular formula is C30H22BN. The average Bonchev–Trinajstić information content (AvgIpc) is 2.88. The average molecular weight is 407 g/mol. The summed E-state index contributed by atoms with van der Waals surface area (Å²) < 4.78 is 0. The summed E-state index contributed by atoms with van der Waals surface area (Å²) in [7, 11) is 0. The summed E-state index contributed by atoms with van der Waals surface area (Å²) in [5, 5.41) is 0. The molecule has 2 heteroatoms. The van der Waals surface area contributed by atoms with Gasteiger partial charge in [0.25, 0.3) is 0 Å². The zero-order chi connectivity index (χ0) is 21.3. The molecule has 0 aliphatic carbocycles. The van der Waals surface area contributed by atoms with Crippen LogP contribution in [0.25, 0.3) is 11.1 Å². The third-order valence-electron chi connectivity index (χ3n) is 6.35. The van der Waals surface area contributed by atoms with E-state index in [0.29, 0.717) is 0 Å². The number of nitrogens with zero attached hydrogens (tertiary/aromatic N) is 1. The number of fused-ring (bicyclic) bond motifs is 2. The minimum atomic E-state index is 0.166. The van der Waals surface area contributed by atoms with Gasteiger partial charge in [0.15, 0.2) is 0 Å². The quantitative estimate of drug-likeness (QED) is 0.343. The van der Waals surface area contributed by atoms with Crippen LogP contribution in [-0.4, -0.2) is 6.71 Å². The molecule has 0 fully saturated rings. The first kappa shape index (κ1) is 18.7. The topological polar surface area (TPSA) is 3.24 Å². The first-order chi connectivity index (χ1) is 15.9. The molecule has 0 radical (unpaired) electrons. The molecule has 1 aliphatic heterocycles. The Labute approximate surface area is 189 Å². The van der Waals surface area contributed by atoms with Crippen LogP contribution in [0.3, 0.4) is 0 Å². The molecule has 0 saturated carbocycles. The van der Waals surface area contributed by atoms with Gasteiger partial charge in [-0.25, -0.2) is 0 Å². The maximum atomic E-state index is 2.40. The van der Waals surface area contributed by atoms with E-state index < -0.39 is 0 Å². The predicted molar refractivity (Wildman–Crippen MR) is 138 cm³/mol. The predicted octanol–water partition coefficient (Wildman–Crippen LogP) is 5.65. The van der Waals surface area contributed by atoms with E-state index in [0.717, 1.165) is 0 Å². The number of rotatable bonds is 3. The van der Waals surface area contributed by atoms with Gasteiger partial charge in [0.05, 0.1) is 0 Å². The van der Waals surface area contributed by atoms with Crippen molar-refractivity contribution in [2.24, 2.45) is 0 Å². The van der Waals surface area contributed by atoms with Crippen LogP contribution in [0.1, 0.15) is 0 Å². The van der Waals surface area contributed by atoms with Gasteiger partial charge in [-0.2, -0.15) is 0 Å². The third kappa shape index (κ3) is 3.04. The number of benzene rings is 5. The van der Waals surface area contributed by atoms with Crippen LogP contribution in [0, 0.1) is 0 Å². The van der Waals surface area contributed by atoms with Gasteiger partial charge in [-0.15, -0.1) is 0 Å². The number of anilines is 3. The molecule has 5 aromatic carbocycles. The second-order valence-electron chi connectivity index (χ2n) is 8.17. The molecule has 1 heterocycles. The molecule has 5 aromatic rings. The maximum Gasteiger partial charge on any atom is 0.247 e. The van der Waals surface area contributed by atoms with Gasteiger partial charge < -0.3 is 4.90 Å². The van der Waals surface area contributed by atoms with Crippen molar-refractivity contribution >= 4 is 40.2 Å². The molecule has 0 unspecified atom stereocenters. The van der Waals surface area contributed by atoms with Gasteiger partial charge in [0, 0.05) is 17.1 Å². The molecular weight excluding hydrogens is 385 g/mol. The molecule has 0 atom stereocenters. The Morgan fingerprint density at radius 2 is 0.875 bits per heavy atom. The van der Waals surface area contributed by atoms with Crippen LogP contribution < -0.4 is 21.3 Å². The Balaban J connectivity index is 1.63. The Kier molecular flexibility index (Phi) is 4.62. The highest BCUT2D eigenvalue weighted by Crippen LogP contribution is 2.35. The van der Waals surface area contributed by atoms with Crippen LogP contribution in [0.15, 0.2) is 133 Å². The van der Waals surface area contributed by atoms with Gasteiger partial charge in [0.1, 0.15) is 0 Å². The molecule has 0 aromatic heterocycles. The minimum Gasteiger partial charge on any atom is -0.312 e. The lowest BCUT2D eigenvalue weighted by molar-refractivity contribution is 1.29. The van der Waals surface area contributed by atoms with E-state index in [9.17, 15) is 0 Å². The van der Waals surface area contributed by atoms with Crippen molar-refractivity contribution in [2.75, 3.05) is 4.90 Å². The van der Waals surface area contributed by atoms with Crippen molar-refractivity contribution < 1.29 is 0 Å². The summed E-state index contributed by atoms with van der Waals surface area (Å²) in [5.74, 6) is 0. The summed E-state index contributed by atoms with van der Waals surface area (Å²) >= 11 is 0. The van der Waals surface area contributed by atoms with E-state index >= 15 is 0 Å². The van der Waals surface area contributed by atoms with Crippen LogP contribution >= 0.6 is 0 Å². The largest absolute Gasteiger partial charge is 0.312 e. The SMILES string of the molecule is c1ccc(-c2ccccc2B2c3ccccc3N(c3ccccc3)c3ccccc32)cc1. The summed E-state index contributed by atoms with van der Waals surface area (Å²) in [4.78, 5) is 2.40. The monoisotopic (exact) mass is 407 g/mol. The smallest absolute Gasteiger partial charge is 0.247 e. The second-order valence-corrected chi connectivity index (χ2v) is 8.17. The van der Waals surface area contributed by atoms with E-state index in [1.54, 1.807) is 0 Å². The van der Waals surface area contributed by atoms with Crippen LogP contribution in [0.2, 0.25) is 0 Å². The molecule has 1 nitrogen and oxygen atoms in total. The summed E-state index contributed by atoms with van der Waals surface area (Å²) in [6.07, 6.45) is 0. The van der Waals surface area contributed by atoms with Crippen molar-refractivity contribution in [2.45, 2.75) is 0 Å². The maximum absolute atomic E-state index is 2.40. The Morgan fingerprint density at radius 3 is 1.50 bits per heavy atom. The van der Waals surface area contributed by atoms with Crippen LogP contribution in [0.4, 0.5) is 17.1 Å². The lowest BCUT2D eigenvalue weighted by Crippen LogP contribution is -2.57. The van der Waals surface area contributed by atoms with E-state index in [1.807, 2.05) is 0 Å². The zero-order valence-electron chi connectivity index (χ0n) is 17.7. The molecule has 0 saturated heterocycles. The van der Waals surface area contributed by atoms with E-state index in [4.69, 9.17) is 0 Å². The summed E-state index contributed by atoms with van der Waals surface area (Å²) in [6, 6.07) is 47.9. The fraction of sp³-hybridized carbons (Fsp3) is 0. The van der Waals surface area contributed by atoms with E-state index in [2.05, 4.69) is 138 Å². The summed E-state index contributed by atoms with van der Waals surface area (Å²) in [5.41, 5.74) is 10.2. The van der Waals surface area contributed by atoms with Crippen molar-refractivity contribution in [3.8, 4) is 11.1 Å². The van der Waals surface area contributed by atoms with Gasteiger partial charge >= 0.3 is 0 Å². The standard InChI is InChI=1S/C30H22BN/c1-3-13-23(14-4-1)25-17-7-8-18-26(25)31-27-19-9-11-21-29(27)32(24-15-5-2-6-16-24)30-22-12-10-20-28(30)31/h1-22H. The second kappa shape index (κ2) is 7.90. The molecule has 1 aliphatic rings. The normalized spacial score (nSPS) is 12.2. The fourth-order valence-electron chi connectivity index (χ4n) is 4.99. The zero-order valence-corrected chi connectivity index (χ0v) is 17.7. The molecule has 0 bridgehead atoms. The molecule has 6 rings (SSSR count). The number of hydrogen-bond acceptors (Lipinski definition) is 1. The highest BCUT2D eigenvalue weighted by molar-refractivity contribution is 6.98. The summed E-state index contributed by atoms with van der Waals surface area (Å²) in [6.45, 7) is 0.166. The Hall–Kier alpha value is -4.04. The lowest BCUT2D eigenvalue weighted by Gasteiger charge is -2.37. The van der Waals surface area contributed by atoms with Gasteiger partial charge in [0.2, 0.25) is 6.71 Å². The van der Waals surface area contributed by atoms with Gasteiger partial charge in [-0.05, 0) is 46.3 Å². The van der Waals surface area contributed by atoms with Gasteiger partial charge in [-0.1, -0.05) is 115 Å². The van der Waals surface area contributed by atoms with Gasteiger partial charge in [-0.3, -0.25) is 0 Å². The number of para-hydroxylation sites is 3. The molecule has 0 amide bonds. The van der Waals surface area contributed by atoms with E-state index in [-0.39, 0.29) is 6.71 Å². The lowest BCUT2D eigenvalue weighted by atomic mass is 9.34. The molecule has 0 N–H and O–H groups in total. The highest BCUT2D eigenvalue weighted by Gasteiger charge is 2.35. The highest BCUT2D eigenvalue weighted by atomic mass is 15.1. The van der Waals surface area contributed by atoms with E-state index in [1.165, 1.54) is 44.6 Å². The minimum absolute atomic E-state index is 0.166. The first-order valence-electron chi connectivity index (χ1n) is 11.1. The molecule has 32 heavy (non-hydrogen) atoms. The van der Waals surface area contributed by atoms with Crippen molar-refractivity contribution in [1.29, 1.82) is 0 Å². The Bertz CT molecular complexity index is 1330. The molecule has 150 valence electrons. The van der Waals surface area contributed by atoms with Crippen LogP contribution in [-0.2, 0) is 0 Å². The third-order valence-corrected chi connectivity index (χ3v) is 6.35. The fourth-order valence-corrected chi connectivity index (χ4v) is 4.99. The first-order valence-corrected chi connectivity index (χ1v) is 11.1. The van der Waals surface area contributed by atoms with Crippen molar-refractivity contribution in [1.82, 2.24) is 0 Å². The van der Waals surface area contributed by atoms with Crippen molar-refractivity contribution in [3.05, 3.63) is 133 Å². The number of hydrogen-bond donors (Lipinski definition) is 0.